The minimum atomic E-state index is -0.188. The molecular weight excluding hydrogens is 298 g/mol. The van der Waals surface area contributed by atoms with Gasteiger partial charge in [0.25, 0.3) is 0 Å². The van der Waals surface area contributed by atoms with Crippen LogP contribution < -0.4 is 9.64 Å². The van der Waals surface area contributed by atoms with Gasteiger partial charge in [0.1, 0.15) is 11.5 Å². The second-order valence-electron chi connectivity index (χ2n) is 7.33. The number of fused-ring (bicyclic) bond motifs is 3. The Balaban J connectivity index is 2.01. The summed E-state index contributed by atoms with van der Waals surface area (Å²) in [7, 11) is 0. The van der Waals surface area contributed by atoms with Crippen molar-refractivity contribution in [2.45, 2.75) is 27.0 Å². The minimum Gasteiger partial charge on any atom is -0.506 e. The molecule has 1 atom stereocenters. The van der Waals surface area contributed by atoms with Crippen molar-refractivity contribution in [3.8, 4) is 11.5 Å². The van der Waals surface area contributed by atoms with Crippen molar-refractivity contribution < 1.29 is 9.84 Å². The molecule has 1 N–H and O–H groups in total. The van der Waals surface area contributed by atoms with Crippen LogP contribution in [0.2, 0.25) is 0 Å². The van der Waals surface area contributed by atoms with E-state index in [0.29, 0.717) is 0 Å². The number of aromatic hydroxyl groups is 1. The fourth-order valence-electron chi connectivity index (χ4n) is 3.35. The molecule has 1 aliphatic heterocycles. The van der Waals surface area contributed by atoms with Crippen molar-refractivity contribution in [3.05, 3.63) is 60.7 Å². The van der Waals surface area contributed by atoms with Gasteiger partial charge in [-0.15, -0.1) is 0 Å². The quantitative estimate of drug-likeness (QED) is 0.647. The van der Waals surface area contributed by atoms with Crippen molar-refractivity contribution in [1.82, 2.24) is 0 Å². The molecule has 0 amide bonds. The van der Waals surface area contributed by atoms with Crippen LogP contribution in [0.5, 0.6) is 11.5 Å². The van der Waals surface area contributed by atoms with E-state index in [2.05, 4.69) is 43.9 Å². The molecule has 3 nitrogen and oxygen atoms in total. The van der Waals surface area contributed by atoms with E-state index >= 15 is 0 Å². The Labute approximate surface area is 142 Å². The van der Waals surface area contributed by atoms with Crippen molar-refractivity contribution in [1.29, 1.82) is 0 Å². The molecule has 1 heterocycles. The Hall–Kier alpha value is -2.68. The molecule has 0 fully saturated rings. The molecule has 0 radical (unpaired) electrons. The predicted octanol–water partition coefficient (Wildman–Crippen LogP) is 5.45. The summed E-state index contributed by atoms with van der Waals surface area (Å²) in [6.45, 7) is 6.45. The normalized spacial score (nSPS) is 17.0. The molecule has 4 rings (SSSR count). The monoisotopic (exact) mass is 319 g/mol. The number of rotatable bonds is 1. The Morgan fingerprint density at radius 1 is 0.917 bits per heavy atom. The van der Waals surface area contributed by atoms with Crippen LogP contribution in [0.25, 0.3) is 10.8 Å². The van der Waals surface area contributed by atoms with Gasteiger partial charge in [-0.2, -0.15) is 0 Å². The molecule has 3 aromatic carbocycles. The maximum absolute atomic E-state index is 10.5. The molecule has 0 aromatic heterocycles. The summed E-state index contributed by atoms with van der Waals surface area (Å²) < 4.78 is 6.32. The number of para-hydroxylation sites is 2. The number of ether oxygens (including phenoxy) is 1. The third-order valence-electron chi connectivity index (χ3n) is 4.46. The molecule has 0 saturated heterocycles. The van der Waals surface area contributed by atoms with Crippen LogP contribution in [0.1, 0.15) is 20.8 Å². The van der Waals surface area contributed by atoms with Crippen LogP contribution in [-0.4, -0.2) is 11.3 Å². The summed E-state index contributed by atoms with van der Waals surface area (Å²) in [6, 6.07) is 19.8. The van der Waals surface area contributed by atoms with Gasteiger partial charge in [0.2, 0.25) is 0 Å². The maximum atomic E-state index is 10.5. The summed E-state index contributed by atoms with van der Waals surface area (Å²) in [5, 5.41) is 12.7. The average molecular weight is 319 g/mol. The zero-order valence-electron chi connectivity index (χ0n) is 14.2. The van der Waals surface area contributed by atoms with Gasteiger partial charge in [0.05, 0.1) is 11.4 Å². The summed E-state index contributed by atoms with van der Waals surface area (Å²) in [5.74, 6) is 1.12. The highest BCUT2D eigenvalue weighted by Crippen LogP contribution is 2.51. The van der Waals surface area contributed by atoms with Crippen LogP contribution in [0.4, 0.5) is 11.4 Å². The largest absolute Gasteiger partial charge is 0.506 e. The Morgan fingerprint density at radius 3 is 2.38 bits per heavy atom. The summed E-state index contributed by atoms with van der Waals surface area (Å²) >= 11 is 0. The topological polar surface area (TPSA) is 32.7 Å². The first-order valence-electron chi connectivity index (χ1n) is 8.22. The smallest absolute Gasteiger partial charge is 0.181 e. The molecule has 0 saturated carbocycles. The fourth-order valence-corrected chi connectivity index (χ4v) is 3.35. The SMILES string of the molecule is CC(C)(C)C1Oc2ccc3ccccc3c2N1c1ccccc1O. The molecule has 1 aliphatic rings. The van der Waals surface area contributed by atoms with Crippen LogP contribution in [0, 0.1) is 5.41 Å². The summed E-state index contributed by atoms with van der Waals surface area (Å²) in [6.07, 6.45) is -0.188. The van der Waals surface area contributed by atoms with Crippen molar-refractivity contribution in [2.24, 2.45) is 5.41 Å². The van der Waals surface area contributed by atoms with Gasteiger partial charge in [-0.3, -0.25) is 4.90 Å². The molecule has 0 bridgehead atoms. The van der Waals surface area contributed by atoms with E-state index < -0.39 is 0 Å². The number of anilines is 2. The van der Waals surface area contributed by atoms with Crippen molar-refractivity contribution >= 4 is 22.1 Å². The predicted molar refractivity (Wildman–Crippen MR) is 98.1 cm³/mol. The molecule has 122 valence electrons. The van der Waals surface area contributed by atoms with E-state index in [0.717, 1.165) is 27.9 Å². The van der Waals surface area contributed by atoms with E-state index in [-0.39, 0.29) is 17.4 Å². The molecule has 3 heteroatoms. The average Bonchev–Trinajstić information content (AvgIpc) is 2.95. The number of nitrogens with zero attached hydrogens (tertiary/aromatic N) is 1. The van der Waals surface area contributed by atoms with Gasteiger partial charge in [-0.05, 0) is 23.6 Å². The minimum absolute atomic E-state index is 0.123. The highest BCUT2D eigenvalue weighted by atomic mass is 16.5. The maximum Gasteiger partial charge on any atom is 0.181 e. The third kappa shape index (κ3) is 2.20. The zero-order valence-corrected chi connectivity index (χ0v) is 14.2. The van der Waals surface area contributed by atoms with Crippen LogP contribution >= 0.6 is 0 Å². The number of hydrogen-bond donors (Lipinski definition) is 1. The number of hydrogen-bond acceptors (Lipinski definition) is 3. The molecule has 24 heavy (non-hydrogen) atoms. The lowest BCUT2D eigenvalue weighted by atomic mass is 9.92. The Morgan fingerprint density at radius 2 is 1.62 bits per heavy atom. The molecule has 3 aromatic rings. The molecule has 0 aliphatic carbocycles. The van der Waals surface area contributed by atoms with Gasteiger partial charge in [0, 0.05) is 10.8 Å². The zero-order chi connectivity index (χ0) is 16.9. The van der Waals surface area contributed by atoms with Gasteiger partial charge in [-0.1, -0.05) is 63.2 Å². The first kappa shape index (κ1) is 14.9. The number of phenols is 1. The van der Waals surface area contributed by atoms with Gasteiger partial charge >= 0.3 is 0 Å². The van der Waals surface area contributed by atoms with Crippen LogP contribution in [0.3, 0.4) is 0 Å². The lowest BCUT2D eigenvalue weighted by Gasteiger charge is -2.35. The van der Waals surface area contributed by atoms with E-state index in [9.17, 15) is 5.11 Å². The van der Waals surface area contributed by atoms with Crippen LogP contribution in [0.15, 0.2) is 60.7 Å². The Kier molecular flexibility index (Phi) is 3.20. The number of benzene rings is 3. The van der Waals surface area contributed by atoms with Gasteiger partial charge < -0.3 is 9.84 Å². The summed E-state index contributed by atoms with van der Waals surface area (Å²) in [4.78, 5) is 2.13. The van der Waals surface area contributed by atoms with E-state index in [1.54, 1.807) is 6.07 Å². The molecule has 1 unspecified atom stereocenters. The van der Waals surface area contributed by atoms with Crippen molar-refractivity contribution in [2.75, 3.05) is 4.90 Å². The fraction of sp³-hybridized carbons (Fsp3) is 0.238. The standard InChI is InChI=1S/C21H21NO2/c1-21(2,3)20-22(16-10-6-7-11-17(16)23)19-15-9-5-4-8-14(15)12-13-18(19)24-20/h4-13,20,23H,1-3H3. The first-order chi connectivity index (χ1) is 11.5. The van der Waals surface area contributed by atoms with E-state index in [1.807, 2.05) is 36.4 Å². The highest BCUT2D eigenvalue weighted by molar-refractivity contribution is 6.00. The lowest BCUT2D eigenvalue weighted by Crippen LogP contribution is -2.41. The highest BCUT2D eigenvalue weighted by Gasteiger charge is 2.41. The lowest BCUT2D eigenvalue weighted by molar-refractivity contribution is 0.111. The van der Waals surface area contributed by atoms with E-state index in [4.69, 9.17) is 4.74 Å². The van der Waals surface area contributed by atoms with Gasteiger partial charge in [-0.25, -0.2) is 0 Å². The van der Waals surface area contributed by atoms with Crippen LogP contribution in [-0.2, 0) is 0 Å². The summed E-state index contributed by atoms with van der Waals surface area (Å²) in [5.41, 5.74) is 1.67. The Bertz CT molecular complexity index is 911. The van der Waals surface area contributed by atoms with Crippen molar-refractivity contribution in [3.63, 3.8) is 0 Å². The second kappa shape index (κ2) is 5.17. The number of phenolic OH excluding ortho intramolecular Hbond substituents is 1. The molecule has 0 spiro atoms. The molecular formula is C21H21NO2. The first-order valence-corrected chi connectivity index (χ1v) is 8.22. The second-order valence-corrected chi connectivity index (χ2v) is 7.33. The van der Waals surface area contributed by atoms with Gasteiger partial charge in [0.15, 0.2) is 6.23 Å². The third-order valence-corrected chi connectivity index (χ3v) is 4.46. The van der Waals surface area contributed by atoms with E-state index in [1.165, 1.54) is 0 Å².